The van der Waals surface area contributed by atoms with Gasteiger partial charge in [-0.2, -0.15) is 0 Å². The van der Waals surface area contributed by atoms with E-state index in [0.29, 0.717) is 29.5 Å². The number of carbonyl (C=O) groups is 3. The number of H-pyrrole nitrogens is 1. The van der Waals surface area contributed by atoms with Crippen LogP contribution in [0, 0.1) is 5.92 Å². The van der Waals surface area contributed by atoms with Gasteiger partial charge in [-0.25, -0.2) is 4.98 Å². The molecule has 0 spiro atoms. The van der Waals surface area contributed by atoms with Gasteiger partial charge in [0.15, 0.2) is 5.78 Å². The molecule has 3 unspecified atom stereocenters. The first-order chi connectivity index (χ1) is 17.9. The smallest absolute Gasteiger partial charge is 0.226 e. The van der Waals surface area contributed by atoms with Gasteiger partial charge in [-0.15, -0.1) is 0 Å². The van der Waals surface area contributed by atoms with Crippen LogP contribution in [0.25, 0.3) is 11.3 Å². The van der Waals surface area contributed by atoms with E-state index in [4.69, 9.17) is 0 Å². The number of hydrogen-bond acceptors (Lipinski definition) is 6. The number of rotatable bonds is 5. The molecule has 0 saturated carbocycles. The minimum Gasteiger partial charge on any atom is -0.356 e. The van der Waals surface area contributed by atoms with Crippen LogP contribution >= 0.6 is 0 Å². The van der Waals surface area contributed by atoms with E-state index in [-0.39, 0.29) is 36.0 Å². The molecule has 3 aliphatic rings. The second-order valence-corrected chi connectivity index (χ2v) is 10.3. The van der Waals surface area contributed by atoms with Crippen molar-refractivity contribution < 1.29 is 14.4 Å². The van der Waals surface area contributed by atoms with E-state index in [0.717, 1.165) is 42.1 Å². The fourth-order valence-electron chi connectivity index (χ4n) is 6.04. The summed E-state index contributed by atoms with van der Waals surface area (Å²) in [7, 11) is 2.11. The molecule has 9 nitrogen and oxygen atoms in total. The van der Waals surface area contributed by atoms with Gasteiger partial charge in [0.05, 0.1) is 22.9 Å². The summed E-state index contributed by atoms with van der Waals surface area (Å²) in [5, 5.41) is 6.15. The lowest BCUT2D eigenvalue weighted by atomic mass is 9.85. The lowest BCUT2D eigenvalue weighted by Crippen LogP contribution is -2.50. The predicted octanol–water partition coefficient (Wildman–Crippen LogP) is 3.44. The number of anilines is 3. The fourth-order valence-corrected chi connectivity index (χ4v) is 6.04. The maximum absolute atomic E-state index is 13.6. The maximum atomic E-state index is 13.6. The number of likely N-dealkylation sites (N-methyl/N-ethyl adjacent to an activating group) is 1. The van der Waals surface area contributed by atoms with Gasteiger partial charge in [-0.05, 0) is 37.7 Å². The number of aromatic nitrogens is 2. The van der Waals surface area contributed by atoms with Crippen LogP contribution in [0.2, 0.25) is 0 Å². The third kappa shape index (κ3) is 4.29. The Morgan fingerprint density at radius 3 is 2.59 bits per heavy atom. The highest BCUT2D eigenvalue weighted by Gasteiger charge is 2.46. The lowest BCUT2D eigenvalue weighted by molar-refractivity contribution is -0.137. The Balaban J connectivity index is 1.36. The number of ketones is 1. The van der Waals surface area contributed by atoms with Gasteiger partial charge < -0.3 is 20.5 Å². The normalized spacial score (nSPS) is 22.7. The van der Waals surface area contributed by atoms with E-state index < -0.39 is 0 Å². The molecule has 3 aromatic rings. The number of aromatic amines is 1. The first-order valence-electron chi connectivity index (χ1n) is 12.7. The molecule has 2 fully saturated rings. The molecule has 9 heteroatoms. The van der Waals surface area contributed by atoms with Crippen molar-refractivity contribution in [2.45, 2.75) is 38.3 Å². The SMILES string of the molecule is CC(=O)Nc1cc(-c2[nH]c3c(c2Nc2ccccc2)C(=O)CC(C(=O)N2CC4CC2CN4C)C3)ccn1. The Morgan fingerprint density at radius 2 is 1.89 bits per heavy atom. The van der Waals surface area contributed by atoms with Crippen molar-refractivity contribution in [1.29, 1.82) is 0 Å². The summed E-state index contributed by atoms with van der Waals surface area (Å²) in [6.07, 6.45) is 3.32. The zero-order valence-corrected chi connectivity index (χ0v) is 21.0. The maximum Gasteiger partial charge on any atom is 0.226 e. The highest BCUT2D eigenvalue weighted by molar-refractivity contribution is 6.09. The molecule has 37 heavy (non-hydrogen) atoms. The zero-order valence-electron chi connectivity index (χ0n) is 21.0. The van der Waals surface area contributed by atoms with Crippen molar-refractivity contribution in [3.8, 4) is 11.3 Å². The van der Waals surface area contributed by atoms with Crippen molar-refractivity contribution >= 4 is 34.8 Å². The number of hydrogen-bond donors (Lipinski definition) is 3. The summed E-state index contributed by atoms with van der Waals surface area (Å²) in [5.74, 6) is -0.107. The summed E-state index contributed by atoms with van der Waals surface area (Å²) in [5.41, 5.74) is 4.41. The van der Waals surface area contributed by atoms with Crippen LogP contribution in [0.1, 0.15) is 35.8 Å². The topological polar surface area (TPSA) is 110 Å². The Bertz CT molecular complexity index is 1380. The van der Waals surface area contributed by atoms with Gasteiger partial charge >= 0.3 is 0 Å². The van der Waals surface area contributed by atoms with Crippen LogP contribution in [0.3, 0.4) is 0 Å². The molecule has 2 saturated heterocycles. The highest BCUT2D eigenvalue weighted by Crippen LogP contribution is 2.41. The molecule has 190 valence electrons. The molecule has 3 N–H and O–H groups in total. The van der Waals surface area contributed by atoms with Gasteiger partial charge in [0.1, 0.15) is 5.82 Å². The number of amides is 2. The second-order valence-electron chi connectivity index (χ2n) is 10.3. The largest absolute Gasteiger partial charge is 0.356 e. The third-order valence-electron chi connectivity index (χ3n) is 7.78. The minimum atomic E-state index is -0.367. The summed E-state index contributed by atoms with van der Waals surface area (Å²) in [6.45, 7) is 3.08. The van der Waals surface area contributed by atoms with E-state index >= 15 is 0 Å². The average Bonchev–Trinajstić information content (AvgIpc) is 3.56. The molecule has 4 heterocycles. The first-order valence-corrected chi connectivity index (χ1v) is 12.7. The van der Waals surface area contributed by atoms with E-state index in [2.05, 4.69) is 32.5 Å². The van der Waals surface area contributed by atoms with Gasteiger partial charge in [0.2, 0.25) is 11.8 Å². The number of nitrogens with zero attached hydrogens (tertiary/aromatic N) is 3. The first kappa shape index (κ1) is 23.4. The number of benzene rings is 1. The summed E-state index contributed by atoms with van der Waals surface area (Å²) >= 11 is 0. The van der Waals surface area contributed by atoms with E-state index in [1.165, 1.54) is 6.92 Å². The molecule has 1 aromatic carbocycles. The average molecular weight is 499 g/mol. The van der Waals surface area contributed by atoms with Crippen LogP contribution in [0.5, 0.6) is 0 Å². The van der Waals surface area contributed by atoms with Crippen molar-refractivity contribution in [3.05, 3.63) is 59.9 Å². The van der Waals surface area contributed by atoms with Gasteiger partial charge in [0, 0.05) is 68.1 Å². The Hall–Kier alpha value is -3.98. The fraction of sp³-hybridized carbons (Fsp3) is 0.357. The molecule has 2 aliphatic heterocycles. The van der Waals surface area contributed by atoms with Crippen molar-refractivity contribution in [3.63, 3.8) is 0 Å². The lowest BCUT2D eigenvalue weighted by Gasteiger charge is -2.35. The molecule has 2 bridgehead atoms. The summed E-state index contributed by atoms with van der Waals surface area (Å²) in [6, 6.07) is 14.0. The number of nitrogens with one attached hydrogen (secondary N) is 3. The molecule has 2 aromatic heterocycles. The molecule has 3 atom stereocenters. The van der Waals surface area contributed by atoms with Crippen molar-refractivity contribution in [2.24, 2.45) is 5.92 Å². The second kappa shape index (κ2) is 9.15. The zero-order chi connectivity index (χ0) is 25.7. The molecular formula is C28H30N6O3. The number of Topliss-reactive ketones (excluding diaryl/α,β-unsaturated/α-hetero) is 1. The number of likely N-dealkylation sites (tertiary alicyclic amines) is 2. The third-order valence-corrected chi connectivity index (χ3v) is 7.78. The Labute approximate surface area is 215 Å². The number of para-hydroxylation sites is 1. The van der Waals surface area contributed by atoms with E-state index in [1.54, 1.807) is 12.3 Å². The molecule has 6 rings (SSSR count). The number of piperazine rings is 1. The Kier molecular flexibility index (Phi) is 5.79. The standard InChI is InChI=1S/C28H30N6O3/c1-16(35)30-24-12-17(8-9-29-24)26-27(31-19-6-4-3-5-7-19)25-22(32-26)10-18(11-23(25)36)28(37)34-15-20-13-21(34)14-33(20)2/h3-9,12,18,20-21,31-32H,10-11,13-15H2,1-2H3,(H,29,30,35). The Morgan fingerprint density at radius 1 is 1.08 bits per heavy atom. The van der Waals surface area contributed by atoms with Crippen LogP contribution in [0.15, 0.2) is 48.7 Å². The quantitative estimate of drug-likeness (QED) is 0.497. The number of carbonyl (C=O) groups excluding carboxylic acids is 3. The minimum absolute atomic E-state index is 0.0434. The van der Waals surface area contributed by atoms with Gasteiger partial charge in [0.25, 0.3) is 0 Å². The van der Waals surface area contributed by atoms with Gasteiger partial charge in [-0.1, -0.05) is 18.2 Å². The summed E-state index contributed by atoms with van der Waals surface area (Å²) < 4.78 is 0. The van der Waals surface area contributed by atoms with Crippen LogP contribution in [0.4, 0.5) is 17.2 Å². The van der Waals surface area contributed by atoms with Crippen molar-refractivity contribution in [2.75, 3.05) is 30.8 Å². The monoisotopic (exact) mass is 498 g/mol. The van der Waals surface area contributed by atoms with Gasteiger partial charge in [-0.3, -0.25) is 19.3 Å². The summed E-state index contributed by atoms with van der Waals surface area (Å²) in [4.78, 5) is 50.7. The van der Waals surface area contributed by atoms with E-state index in [1.807, 2.05) is 41.3 Å². The number of pyridine rings is 1. The number of fused-ring (bicyclic) bond motifs is 3. The molecule has 2 amide bonds. The van der Waals surface area contributed by atoms with Crippen molar-refractivity contribution in [1.82, 2.24) is 19.8 Å². The highest BCUT2D eigenvalue weighted by atomic mass is 16.2. The van der Waals surface area contributed by atoms with Crippen LogP contribution < -0.4 is 10.6 Å². The van der Waals surface area contributed by atoms with Crippen LogP contribution in [-0.4, -0.2) is 69.6 Å². The van der Waals surface area contributed by atoms with E-state index in [9.17, 15) is 14.4 Å². The molecule has 0 radical (unpaired) electrons. The predicted molar refractivity (Wildman–Crippen MR) is 141 cm³/mol. The van der Waals surface area contributed by atoms with Crippen LogP contribution in [-0.2, 0) is 16.0 Å². The molecule has 1 aliphatic carbocycles. The molecular weight excluding hydrogens is 468 g/mol.